The standard InChI is InChI=1S/C17H19NO5/c1-11(19)12-2-4-13(5-3-12)15(20)18-8-14-9-23-7-6-17(14,10-18)16(21)22/h2-5,14H,6-10H2,1H3,(H,21,22)/t14-,17+/m0/s1. The topological polar surface area (TPSA) is 83.9 Å². The van der Waals surface area contributed by atoms with Crippen LogP contribution in [0.1, 0.15) is 34.1 Å². The van der Waals surface area contributed by atoms with Crippen molar-refractivity contribution in [3.63, 3.8) is 0 Å². The Morgan fingerprint density at radius 2 is 1.87 bits per heavy atom. The van der Waals surface area contributed by atoms with Crippen molar-refractivity contribution in [1.82, 2.24) is 4.90 Å². The average Bonchev–Trinajstić information content (AvgIpc) is 2.95. The smallest absolute Gasteiger partial charge is 0.311 e. The third-order valence-electron chi connectivity index (χ3n) is 4.96. The lowest BCUT2D eigenvalue weighted by molar-refractivity contribution is -0.157. The van der Waals surface area contributed by atoms with Crippen LogP contribution in [0.3, 0.4) is 0 Å². The summed E-state index contributed by atoms with van der Waals surface area (Å²) in [5.74, 6) is -1.28. The van der Waals surface area contributed by atoms with Crippen LogP contribution < -0.4 is 0 Å². The number of nitrogens with zero attached hydrogens (tertiary/aromatic N) is 1. The maximum absolute atomic E-state index is 12.6. The number of likely N-dealkylation sites (tertiary alicyclic amines) is 1. The van der Waals surface area contributed by atoms with Gasteiger partial charge in [-0.3, -0.25) is 14.4 Å². The minimum Gasteiger partial charge on any atom is -0.481 e. The van der Waals surface area contributed by atoms with Crippen LogP contribution in [0.4, 0.5) is 0 Å². The first-order chi connectivity index (χ1) is 10.9. The molecule has 0 bridgehead atoms. The van der Waals surface area contributed by atoms with Crippen LogP contribution in [0.5, 0.6) is 0 Å². The Balaban J connectivity index is 1.81. The van der Waals surface area contributed by atoms with Crippen LogP contribution in [0.2, 0.25) is 0 Å². The molecule has 0 unspecified atom stereocenters. The van der Waals surface area contributed by atoms with Crippen LogP contribution in [0.15, 0.2) is 24.3 Å². The number of carboxylic acids is 1. The molecule has 0 aromatic heterocycles. The lowest BCUT2D eigenvalue weighted by Crippen LogP contribution is -2.45. The van der Waals surface area contributed by atoms with Gasteiger partial charge < -0.3 is 14.7 Å². The summed E-state index contributed by atoms with van der Waals surface area (Å²) in [5, 5.41) is 9.64. The van der Waals surface area contributed by atoms with Gasteiger partial charge in [0.1, 0.15) is 0 Å². The highest BCUT2D eigenvalue weighted by Crippen LogP contribution is 2.42. The van der Waals surface area contributed by atoms with Crippen molar-refractivity contribution < 1.29 is 24.2 Å². The lowest BCUT2D eigenvalue weighted by Gasteiger charge is -2.33. The SMILES string of the molecule is CC(=O)c1ccc(C(=O)N2C[C@H]3COCC[C@@]3(C(=O)O)C2)cc1. The Bertz CT molecular complexity index is 653. The molecule has 2 aliphatic rings. The fourth-order valence-electron chi connectivity index (χ4n) is 3.48. The van der Waals surface area contributed by atoms with Gasteiger partial charge in [-0.05, 0) is 25.5 Å². The number of hydrogen-bond acceptors (Lipinski definition) is 4. The van der Waals surface area contributed by atoms with Crippen molar-refractivity contribution in [3.8, 4) is 0 Å². The number of hydrogen-bond donors (Lipinski definition) is 1. The van der Waals surface area contributed by atoms with E-state index >= 15 is 0 Å². The first kappa shape index (κ1) is 15.7. The van der Waals surface area contributed by atoms with E-state index in [0.29, 0.717) is 37.3 Å². The Labute approximate surface area is 134 Å². The molecule has 3 rings (SSSR count). The zero-order valence-electron chi connectivity index (χ0n) is 12.9. The van der Waals surface area contributed by atoms with Crippen LogP contribution >= 0.6 is 0 Å². The molecule has 2 saturated heterocycles. The molecule has 1 amide bonds. The van der Waals surface area contributed by atoms with Gasteiger partial charge >= 0.3 is 5.97 Å². The average molecular weight is 317 g/mol. The highest BCUT2D eigenvalue weighted by Gasteiger charge is 2.54. The van der Waals surface area contributed by atoms with E-state index in [1.807, 2.05) is 0 Å². The van der Waals surface area contributed by atoms with E-state index in [9.17, 15) is 19.5 Å². The number of Topliss-reactive ketones (excluding diaryl/α,β-unsaturated/α-hetero) is 1. The molecule has 1 N–H and O–H groups in total. The number of ether oxygens (including phenoxy) is 1. The predicted octanol–water partition coefficient (Wildman–Crippen LogP) is 1.45. The third-order valence-corrected chi connectivity index (χ3v) is 4.96. The van der Waals surface area contributed by atoms with Crippen molar-refractivity contribution in [1.29, 1.82) is 0 Å². The summed E-state index contributed by atoms with van der Waals surface area (Å²) >= 11 is 0. The number of ketones is 1. The first-order valence-corrected chi connectivity index (χ1v) is 7.65. The van der Waals surface area contributed by atoms with Gasteiger partial charge in [0.25, 0.3) is 5.91 Å². The molecule has 2 aliphatic heterocycles. The molecule has 23 heavy (non-hydrogen) atoms. The van der Waals surface area contributed by atoms with Gasteiger partial charge in [-0.25, -0.2) is 0 Å². The number of amides is 1. The summed E-state index contributed by atoms with van der Waals surface area (Å²) in [4.78, 5) is 37.3. The summed E-state index contributed by atoms with van der Waals surface area (Å²) in [6.07, 6.45) is 0.431. The van der Waals surface area contributed by atoms with Crippen molar-refractivity contribution in [2.75, 3.05) is 26.3 Å². The molecule has 0 aliphatic carbocycles. The van der Waals surface area contributed by atoms with E-state index in [1.54, 1.807) is 29.2 Å². The Hall–Kier alpha value is -2.21. The van der Waals surface area contributed by atoms with Gasteiger partial charge in [-0.2, -0.15) is 0 Å². The lowest BCUT2D eigenvalue weighted by atomic mass is 9.74. The monoisotopic (exact) mass is 317 g/mol. The Morgan fingerprint density at radius 1 is 1.22 bits per heavy atom. The molecule has 0 radical (unpaired) electrons. The largest absolute Gasteiger partial charge is 0.481 e. The molecule has 1 aromatic rings. The summed E-state index contributed by atoms with van der Waals surface area (Å²) in [5.41, 5.74) is 0.120. The Morgan fingerprint density at radius 3 is 2.43 bits per heavy atom. The fourth-order valence-corrected chi connectivity index (χ4v) is 3.48. The fraction of sp³-hybridized carbons (Fsp3) is 0.471. The summed E-state index contributed by atoms with van der Waals surface area (Å²) < 4.78 is 5.40. The predicted molar refractivity (Wildman–Crippen MR) is 81.3 cm³/mol. The van der Waals surface area contributed by atoms with E-state index in [4.69, 9.17) is 4.74 Å². The highest BCUT2D eigenvalue weighted by molar-refractivity contribution is 5.98. The van der Waals surface area contributed by atoms with Gasteiger partial charge in [-0.1, -0.05) is 12.1 Å². The maximum atomic E-state index is 12.6. The molecule has 0 spiro atoms. The second-order valence-electron chi connectivity index (χ2n) is 6.30. The van der Waals surface area contributed by atoms with Crippen molar-refractivity contribution >= 4 is 17.7 Å². The summed E-state index contributed by atoms with van der Waals surface area (Å²) in [7, 11) is 0. The number of carbonyl (C=O) groups excluding carboxylic acids is 2. The van der Waals surface area contributed by atoms with Gasteiger partial charge in [-0.15, -0.1) is 0 Å². The number of carboxylic acid groups (broad SMARTS) is 1. The molecule has 6 nitrogen and oxygen atoms in total. The minimum absolute atomic E-state index is 0.0572. The summed E-state index contributed by atoms with van der Waals surface area (Å²) in [6, 6.07) is 6.47. The second kappa shape index (κ2) is 5.77. The third kappa shape index (κ3) is 2.63. The van der Waals surface area contributed by atoms with E-state index < -0.39 is 11.4 Å². The minimum atomic E-state index is -0.896. The zero-order chi connectivity index (χ0) is 16.6. The van der Waals surface area contributed by atoms with Crippen LogP contribution in [-0.4, -0.2) is 54.0 Å². The number of benzene rings is 1. The second-order valence-corrected chi connectivity index (χ2v) is 6.30. The highest BCUT2D eigenvalue weighted by atomic mass is 16.5. The first-order valence-electron chi connectivity index (χ1n) is 7.65. The van der Waals surface area contributed by atoms with Gasteiger partial charge in [0, 0.05) is 36.7 Å². The van der Waals surface area contributed by atoms with Gasteiger partial charge in [0.2, 0.25) is 0 Å². The van der Waals surface area contributed by atoms with Crippen molar-refractivity contribution in [3.05, 3.63) is 35.4 Å². The van der Waals surface area contributed by atoms with Crippen molar-refractivity contribution in [2.24, 2.45) is 11.3 Å². The number of aliphatic carboxylic acids is 1. The molecular formula is C17H19NO5. The van der Waals surface area contributed by atoms with E-state index in [1.165, 1.54) is 6.92 Å². The summed E-state index contributed by atoms with van der Waals surface area (Å²) in [6.45, 7) is 2.86. The normalized spacial score (nSPS) is 26.7. The van der Waals surface area contributed by atoms with Crippen LogP contribution in [0.25, 0.3) is 0 Å². The number of rotatable bonds is 3. The molecule has 122 valence electrons. The van der Waals surface area contributed by atoms with Crippen molar-refractivity contribution in [2.45, 2.75) is 13.3 Å². The molecule has 2 atom stereocenters. The van der Waals surface area contributed by atoms with Crippen LogP contribution in [0, 0.1) is 11.3 Å². The molecule has 6 heteroatoms. The van der Waals surface area contributed by atoms with E-state index in [-0.39, 0.29) is 24.2 Å². The maximum Gasteiger partial charge on any atom is 0.311 e. The Kier molecular flexibility index (Phi) is 3.93. The van der Waals surface area contributed by atoms with Gasteiger partial charge in [0.05, 0.1) is 12.0 Å². The van der Waals surface area contributed by atoms with E-state index in [2.05, 4.69) is 0 Å². The molecule has 0 saturated carbocycles. The molecular weight excluding hydrogens is 298 g/mol. The van der Waals surface area contributed by atoms with Crippen LogP contribution in [-0.2, 0) is 9.53 Å². The number of carbonyl (C=O) groups is 3. The zero-order valence-corrected chi connectivity index (χ0v) is 12.9. The number of fused-ring (bicyclic) bond motifs is 1. The quantitative estimate of drug-likeness (QED) is 0.853. The van der Waals surface area contributed by atoms with E-state index in [0.717, 1.165) is 0 Å². The van der Waals surface area contributed by atoms with Gasteiger partial charge in [0.15, 0.2) is 5.78 Å². The molecule has 2 fully saturated rings. The molecule has 2 heterocycles. The molecule has 1 aromatic carbocycles.